The van der Waals surface area contributed by atoms with E-state index in [-0.39, 0.29) is 17.7 Å². The Kier molecular flexibility index (Phi) is 3.26. The van der Waals surface area contributed by atoms with Gasteiger partial charge in [0.2, 0.25) is 0 Å². The summed E-state index contributed by atoms with van der Waals surface area (Å²) in [6.07, 6.45) is -4.65. The molecule has 0 spiro atoms. The van der Waals surface area contributed by atoms with Gasteiger partial charge < -0.3 is 15.8 Å². The van der Waals surface area contributed by atoms with Crippen molar-refractivity contribution in [2.45, 2.75) is 18.3 Å². The molecule has 0 saturated carbocycles. The Morgan fingerprint density at radius 1 is 1.18 bits per heavy atom. The Morgan fingerprint density at radius 2 is 1.82 bits per heavy atom. The first kappa shape index (κ1) is 12.2. The van der Waals surface area contributed by atoms with Crippen molar-refractivity contribution in [2.24, 2.45) is 5.73 Å². The molecule has 3 nitrogen and oxygen atoms in total. The monoisotopic (exact) mass is 246 g/mol. The molecule has 1 fully saturated rings. The van der Waals surface area contributed by atoms with E-state index in [1.165, 1.54) is 12.1 Å². The molecule has 0 aliphatic carbocycles. The van der Waals surface area contributed by atoms with Crippen LogP contribution in [0.25, 0.3) is 0 Å². The van der Waals surface area contributed by atoms with E-state index < -0.39 is 6.36 Å². The Labute approximate surface area is 96.8 Å². The third kappa shape index (κ3) is 3.10. The lowest BCUT2D eigenvalue weighted by Gasteiger charge is -2.15. The lowest BCUT2D eigenvalue weighted by molar-refractivity contribution is -0.274. The Bertz CT molecular complexity index is 377. The van der Waals surface area contributed by atoms with Crippen molar-refractivity contribution in [3.8, 4) is 5.75 Å². The second-order valence-electron chi connectivity index (χ2n) is 4.05. The van der Waals surface area contributed by atoms with Crippen LogP contribution < -0.4 is 15.8 Å². The molecule has 1 aliphatic rings. The minimum atomic E-state index is -4.65. The van der Waals surface area contributed by atoms with Crippen molar-refractivity contribution >= 4 is 0 Å². The van der Waals surface area contributed by atoms with Crippen molar-refractivity contribution in [3.63, 3.8) is 0 Å². The summed E-state index contributed by atoms with van der Waals surface area (Å²) >= 11 is 0. The van der Waals surface area contributed by atoms with Gasteiger partial charge in [-0.25, -0.2) is 0 Å². The fraction of sp³-hybridized carbons (Fsp3) is 0.455. The molecule has 6 heteroatoms. The molecule has 1 heterocycles. The summed E-state index contributed by atoms with van der Waals surface area (Å²) in [6, 6.07) is 5.88. The van der Waals surface area contributed by atoms with Crippen LogP contribution in [0.1, 0.15) is 11.5 Å². The lowest BCUT2D eigenvalue weighted by atomic mass is 9.95. The Hall–Kier alpha value is -1.27. The van der Waals surface area contributed by atoms with Gasteiger partial charge in [0, 0.05) is 25.0 Å². The number of nitrogens with one attached hydrogen (secondary N) is 1. The second kappa shape index (κ2) is 4.54. The summed E-state index contributed by atoms with van der Waals surface area (Å²) < 4.78 is 39.7. The fourth-order valence-corrected chi connectivity index (χ4v) is 1.98. The second-order valence-corrected chi connectivity index (χ2v) is 4.05. The largest absolute Gasteiger partial charge is 0.573 e. The maximum atomic E-state index is 12.0. The van der Waals surface area contributed by atoms with E-state index in [0.29, 0.717) is 0 Å². The van der Waals surface area contributed by atoms with Crippen molar-refractivity contribution < 1.29 is 17.9 Å². The van der Waals surface area contributed by atoms with E-state index in [1.807, 2.05) is 0 Å². The molecule has 94 valence electrons. The van der Waals surface area contributed by atoms with Gasteiger partial charge in [-0.15, -0.1) is 13.2 Å². The molecular weight excluding hydrogens is 233 g/mol. The smallest absolute Gasteiger partial charge is 0.406 e. The molecule has 1 aromatic carbocycles. The predicted octanol–water partition coefficient (Wildman–Crippen LogP) is 1.60. The van der Waals surface area contributed by atoms with Gasteiger partial charge >= 0.3 is 6.36 Å². The maximum Gasteiger partial charge on any atom is 0.573 e. The summed E-state index contributed by atoms with van der Waals surface area (Å²) in [5.41, 5.74) is 6.80. The minimum Gasteiger partial charge on any atom is -0.406 e. The van der Waals surface area contributed by atoms with Gasteiger partial charge in [-0.05, 0) is 17.7 Å². The maximum absolute atomic E-state index is 12.0. The number of hydrogen-bond acceptors (Lipinski definition) is 3. The van der Waals surface area contributed by atoms with Gasteiger partial charge in [0.15, 0.2) is 0 Å². The van der Waals surface area contributed by atoms with Crippen LogP contribution in [0.2, 0.25) is 0 Å². The SMILES string of the molecule is NC1CNCC1c1ccc(OC(F)(F)F)cc1. The van der Waals surface area contributed by atoms with Crippen molar-refractivity contribution in [1.29, 1.82) is 0 Å². The van der Waals surface area contributed by atoms with E-state index >= 15 is 0 Å². The first-order valence-corrected chi connectivity index (χ1v) is 5.28. The van der Waals surface area contributed by atoms with E-state index in [9.17, 15) is 13.2 Å². The molecule has 17 heavy (non-hydrogen) atoms. The van der Waals surface area contributed by atoms with Gasteiger partial charge in [0.05, 0.1) is 0 Å². The van der Waals surface area contributed by atoms with Crippen LogP contribution >= 0.6 is 0 Å². The highest BCUT2D eigenvalue weighted by Gasteiger charge is 2.31. The minimum absolute atomic E-state index is 0.00406. The Balaban J connectivity index is 2.07. The molecule has 0 aromatic heterocycles. The molecule has 2 atom stereocenters. The molecule has 1 aromatic rings. The third-order valence-corrected chi connectivity index (χ3v) is 2.80. The summed E-state index contributed by atoms with van der Waals surface area (Å²) in [5, 5.41) is 3.14. The van der Waals surface area contributed by atoms with Crippen molar-refractivity contribution in [1.82, 2.24) is 5.32 Å². The van der Waals surface area contributed by atoms with Crippen LogP contribution in [-0.2, 0) is 0 Å². The number of rotatable bonds is 2. The van der Waals surface area contributed by atoms with Crippen LogP contribution in [0.5, 0.6) is 5.75 Å². The summed E-state index contributed by atoms with van der Waals surface area (Å²) in [7, 11) is 0. The molecule has 0 radical (unpaired) electrons. The quantitative estimate of drug-likeness (QED) is 0.833. The standard InChI is InChI=1S/C11H13F3N2O/c12-11(13,14)17-8-3-1-7(2-4-8)9-5-16-6-10(9)15/h1-4,9-10,16H,5-6,15H2. The molecule has 2 rings (SSSR count). The molecule has 2 unspecified atom stereocenters. The molecule has 1 saturated heterocycles. The average molecular weight is 246 g/mol. The van der Waals surface area contributed by atoms with Crippen LogP contribution in [0.3, 0.4) is 0 Å². The predicted molar refractivity (Wildman–Crippen MR) is 56.7 cm³/mol. The Morgan fingerprint density at radius 3 is 2.29 bits per heavy atom. The zero-order chi connectivity index (χ0) is 12.5. The normalized spacial score (nSPS) is 24.9. The van der Waals surface area contributed by atoms with Gasteiger partial charge in [-0.2, -0.15) is 0 Å². The number of benzene rings is 1. The number of nitrogens with two attached hydrogens (primary N) is 1. The number of hydrogen-bond donors (Lipinski definition) is 2. The zero-order valence-corrected chi connectivity index (χ0v) is 9.00. The lowest BCUT2D eigenvalue weighted by Crippen LogP contribution is -2.27. The topological polar surface area (TPSA) is 47.3 Å². The molecule has 3 N–H and O–H groups in total. The summed E-state index contributed by atoms with van der Waals surface area (Å²) in [4.78, 5) is 0. The van der Waals surface area contributed by atoms with Gasteiger partial charge in [0.25, 0.3) is 0 Å². The highest BCUT2D eigenvalue weighted by atomic mass is 19.4. The van der Waals surface area contributed by atoms with Crippen LogP contribution in [-0.4, -0.2) is 25.5 Å². The van der Waals surface area contributed by atoms with E-state index in [0.717, 1.165) is 18.7 Å². The van der Waals surface area contributed by atoms with Crippen LogP contribution in [0, 0.1) is 0 Å². The highest BCUT2D eigenvalue weighted by molar-refractivity contribution is 5.31. The van der Waals surface area contributed by atoms with Crippen LogP contribution in [0.4, 0.5) is 13.2 Å². The first-order valence-electron chi connectivity index (χ1n) is 5.28. The molecule has 1 aliphatic heterocycles. The van der Waals surface area contributed by atoms with E-state index in [4.69, 9.17) is 5.73 Å². The van der Waals surface area contributed by atoms with Gasteiger partial charge in [0.1, 0.15) is 5.75 Å². The van der Waals surface area contributed by atoms with Gasteiger partial charge in [-0.1, -0.05) is 12.1 Å². The van der Waals surface area contributed by atoms with Gasteiger partial charge in [-0.3, -0.25) is 0 Å². The summed E-state index contributed by atoms with van der Waals surface area (Å²) in [6.45, 7) is 1.48. The highest BCUT2D eigenvalue weighted by Crippen LogP contribution is 2.26. The first-order chi connectivity index (χ1) is 7.96. The molecule has 0 amide bonds. The van der Waals surface area contributed by atoms with E-state index in [2.05, 4.69) is 10.1 Å². The van der Waals surface area contributed by atoms with Crippen LogP contribution in [0.15, 0.2) is 24.3 Å². The molecular formula is C11H13F3N2O. The zero-order valence-electron chi connectivity index (χ0n) is 9.00. The third-order valence-electron chi connectivity index (χ3n) is 2.80. The number of alkyl halides is 3. The fourth-order valence-electron chi connectivity index (χ4n) is 1.98. The molecule has 0 bridgehead atoms. The summed E-state index contributed by atoms with van der Waals surface area (Å²) in [5.74, 6) is -0.0595. The van der Waals surface area contributed by atoms with Crippen molar-refractivity contribution in [2.75, 3.05) is 13.1 Å². The number of ether oxygens (including phenoxy) is 1. The van der Waals surface area contributed by atoms with E-state index in [1.54, 1.807) is 12.1 Å². The number of halogens is 3. The average Bonchev–Trinajstić information content (AvgIpc) is 2.63. The van der Waals surface area contributed by atoms with Crippen molar-refractivity contribution in [3.05, 3.63) is 29.8 Å².